The number of rotatable bonds is 5. The first-order chi connectivity index (χ1) is 9.06. The Kier molecular flexibility index (Phi) is 14.3. The van der Waals surface area contributed by atoms with Crippen molar-refractivity contribution in [3.63, 3.8) is 0 Å². The van der Waals surface area contributed by atoms with Gasteiger partial charge in [0.1, 0.15) is 0 Å². The second-order valence-electron chi connectivity index (χ2n) is 7.34. The molecular weight excluding hydrogens is 289 g/mol. The van der Waals surface area contributed by atoms with Crippen molar-refractivity contribution in [2.24, 2.45) is 0 Å². The molecule has 0 aromatic rings. The largest absolute Gasteiger partial charge is 0.799 e. The summed E-state index contributed by atoms with van der Waals surface area (Å²) in [5.74, 6) is 0. The van der Waals surface area contributed by atoms with Crippen LogP contribution in [0, 0.1) is 0 Å². The van der Waals surface area contributed by atoms with Crippen LogP contribution in [0.25, 0.3) is 0 Å². The molecule has 0 saturated carbocycles. The Morgan fingerprint density at radius 1 is 0.810 bits per heavy atom. The standard InChI is InChI=1S/2C6H16N.C2H8NO3P/c2*1-5-6-7(2,3)4;1-3(2)7(4,5)6/h2*5-6H2,1-4H3;1-2H3,(H2,4,5,6)/q2*+1;/p-2. The molecule has 0 radical (unpaired) electrons. The SMILES string of the molecule is CCC[N+](C)(C)C.CCC[N+](C)(C)C.CN(C)P(=O)([O-])[O-]. The molecule has 0 unspecified atom stereocenters. The fourth-order valence-electron chi connectivity index (χ4n) is 1.34. The molecule has 6 nitrogen and oxygen atoms in total. The van der Waals surface area contributed by atoms with E-state index in [9.17, 15) is 14.4 Å². The van der Waals surface area contributed by atoms with E-state index in [1.807, 2.05) is 0 Å². The van der Waals surface area contributed by atoms with Gasteiger partial charge in [0.05, 0.1) is 55.4 Å². The van der Waals surface area contributed by atoms with Gasteiger partial charge in [0.2, 0.25) is 0 Å². The van der Waals surface area contributed by atoms with E-state index in [4.69, 9.17) is 0 Å². The first kappa shape index (κ1) is 26.0. The minimum atomic E-state index is -4.40. The van der Waals surface area contributed by atoms with Crippen LogP contribution in [0.4, 0.5) is 0 Å². The molecule has 0 bridgehead atoms. The molecule has 0 rings (SSSR count). The molecule has 0 atom stereocenters. The van der Waals surface area contributed by atoms with Crippen molar-refractivity contribution in [1.29, 1.82) is 0 Å². The van der Waals surface area contributed by atoms with Crippen LogP contribution in [-0.2, 0) is 4.57 Å². The average molecular weight is 327 g/mol. The van der Waals surface area contributed by atoms with Crippen molar-refractivity contribution in [1.82, 2.24) is 4.67 Å². The van der Waals surface area contributed by atoms with E-state index in [-0.39, 0.29) is 0 Å². The molecule has 0 saturated heterocycles. The lowest BCUT2D eigenvalue weighted by Gasteiger charge is -2.35. The van der Waals surface area contributed by atoms with Gasteiger partial charge in [-0.3, -0.25) is 4.67 Å². The summed E-state index contributed by atoms with van der Waals surface area (Å²) in [4.78, 5) is 19.5. The summed E-state index contributed by atoms with van der Waals surface area (Å²) in [6.45, 7) is 6.98. The first-order valence-electron chi connectivity index (χ1n) is 7.37. The van der Waals surface area contributed by atoms with Gasteiger partial charge in [0.15, 0.2) is 0 Å². The molecule has 0 aromatic carbocycles. The average Bonchev–Trinajstić information content (AvgIpc) is 2.13. The van der Waals surface area contributed by atoms with Crippen molar-refractivity contribution in [2.45, 2.75) is 26.7 Å². The zero-order valence-electron chi connectivity index (χ0n) is 15.8. The van der Waals surface area contributed by atoms with E-state index in [1.165, 1.54) is 40.0 Å². The Morgan fingerprint density at radius 2 is 1.00 bits per heavy atom. The zero-order valence-corrected chi connectivity index (χ0v) is 16.7. The summed E-state index contributed by atoms with van der Waals surface area (Å²) in [5.41, 5.74) is 0. The van der Waals surface area contributed by atoms with Gasteiger partial charge in [-0.1, -0.05) is 13.8 Å². The fourth-order valence-corrected chi connectivity index (χ4v) is 1.34. The van der Waals surface area contributed by atoms with Crippen LogP contribution in [0.3, 0.4) is 0 Å². The third-order valence-corrected chi connectivity index (χ3v) is 3.26. The summed E-state index contributed by atoms with van der Waals surface area (Å²) >= 11 is 0. The highest BCUT2D eigenvalue weighted by Gasteiger charge is 2.01. The Bertz CT molecular complexity index is 262. The van der Waals surface area contributed by atoms with Crippen molar-refractivity contribution in [3.05, 3.63) is 0 Å². The normalized spacial score (nSPS) is 12.2. The van der Waals surface area contributed by atoms with Crippen molar-refractivity contribution < 1.29 is 23.3 Å². The summed E-state index contributed by atoms with van der Waals surface area (Å²) in [6.07, 6.45) is 2.56. The summed E-state index contributed by atoms with van der Waals surface area (Å²) in [6, 6.07) is 0. The fraction of sp³-hybridized carbons (Fsp3) is 1.00. The van der Waals surface area contributed by atoms with Gasteiger partial charge in [0.25, 0.3) is 0 Å². The molecule has 0 amide bonds. The van der Waals surface area contributed by atoms with E-state index in [0.717, 1.165) is 8.97 Å². The molecule has 0 heterocycles. The number of hydrogen-bond donors (Lipinski definition) is 0. The maximum absolute atomic E-state index is 9.73. The van der Waals surface area contributed by atoms with Crippen LogP contribution in [0.2, 0.25) is 0 Å². The lowest BCUT2D eigenvalue weighted by atomic mass is 10.4. The van der Waals surface area contributed by atoms with Crippen LogP contribution >= 0.6 is 7.75 Å². The van der Waals surface area contributed by atoms with Crippen molar-refractivity contribution in [3.8, 4) is 0 Å². The van der Waals surface area contributed by atoms with Crippen LogP contribution in [0.1, 0.15) is 26.7 Å². The molecule has 0 spiro atoms. The Hall–Kier alpha value is 0.0300. The maximum atomic E-state index is 9.73. The minimum Gasteiger partial charge on any atom is -0.799 e. The van der Waals surface area contributed by atoms with Gasteiger partial charge in [-0.15, -0.1) is 0 Å². The summed E-state index contributed by atoms with van der Waals surface area (Å²) in [5, 5.41) is 0. The van der Waals surface area contributed by atoms with Gasteiger partial charge in [-0.2, -0.15) is 0 Å². The van der Waals surface area contributed by atoms with E-state index in [0.29, 0.717) is 4.67 Å². The molecule has 132 valence electrons. The predicted molar refractivity (Wildman–Crippen MR) is 87.7 cm³/mol. The highest BCUT2D eigenvalue weighted by molar-refractivity contribution is 7.46. The highest BCUT2D eigenvalue weighted by atomic mass is 31.2. The van der Waals surface area contributed by atoms with Gasteiger partial charge in [-0.05, 0) is 34.7 Å². The smallest absolute Gasteiger partial charge is 0.0777 e. The molecule has 0 aliphatic rings. The van der Waals surface area contributed by atoms with Crippen molar-refractivity contribution >= 4 is 7.75 Å². The van der Waals surface area contributed by atoms with Gasteiger partial charge in [0, 0.05) is 0 Å². The summed E-state index contributed by atoms with van der Waals surface area (Å²) < 4.78 is 12.5. The number of quaternary nitrogens is 2. The predicted octanol–water partition coefficient (Wildman–Crippen LogP) is 0.582. The van der Waals surface area contributed by atoms with E-state index >= 15 is 0 Å². The third kappa shape index (κ3) is 33.1. The Morgan fingerprint density at radius 3 is 1.00 bits per heavy atom. The van der Waals surface area contributed by atoms with E-state index < -0.39 is 7.75 Å². The quantitative estimate of drug-likeness (QED) is 0.547. The molecule has 7 heteroatoms. The molecule has 21 heavy (non-hydrogen) atoms. The lowest BCUT2D eigenvalue weighted by Crippen LogP contribution is -2.34. The lowest BCUT2D eigenvalue weighted by molar-refractivity contribution is -0.870. The Balaban J connectivity index is -0.000000231. The van der Waals surface area contributed by atoms with Gasteiger partial charge >= 0.3 is 0 Å². The second-order valence-corrected chi connectivity index (χ2v) is 9.08. The third-order valence-electron chi connectivity index (χ3n) is 2.28. The minimum absolute atomic E-state index is 0.632. The molecule has 0 aliphatic heterocycles. The monoisotopic (exact) mass is 327 g/mol. The molecule has 0 N–H and O–H groups in total. The maximum Gasteiger partial charge on any atom is 0.0777 e. The topological polar surface area (TPSA) is 66.4 Å². The van der Waals surface area contributed by atoms with Gasteiger partial charge in [-0.25, -0.2) is 0 Å². The van der Waals surface area contributed by atoms with Gasteiger partial charge < -0.3 is 23.3 Å². The van der Waals surface area contributed by atoms with Crippen LogP contribution in [0.5, 0.6) is 0 Å². The zero-order chi connectivity index (χ0) is 17.9. The van der Waals surface area contributed by atoms with Crippen LogP contribution in [0.15, 0.2) is 0 Å². The second kappa shape index (κ2) is 11.6. The van der Waals surface area contributed by atoms with Crippen LogP contribution in [-0.4, -0.2) is 83.1 Å². The molecular formula is C14H38N3O3P. The van der Waals surface area contributed by atoms with E-state index in [1.54, 1.807) is 0 Å². The highest BCUT2D eigenvalue weighted by Crippen LogP contribution is 2.24. The van der Waals surface area contributed by atoms with Crippen molar-refractivity contribution in [2.75, 3.05) is 69.5 Å². The molecule has 0 aliphatic carbocycles. The molecule has 0 fully saturated rings. The van der Waals surface area contributed by atoms with E-state index in [2.05, 4.69) is 56.1 Å². The number of hydrogen-bond acceptors (Lipinski definition) is 3. The Labute approximate surface area is 132 Å². The van der Waals surface area contributed by atoms with Crippen LogP contribution < -0.4 is 9.79 Å². The molecule has 0 aromatic heterocycles. The number of nitrogens with zero attached hydrogens (tertiary/aromatic N) is 3. The summed E-state index contributed by atoms with van der Waals surface area (Å²) in [7, 11) is 11.3. The first-order valence-corrected chi connectivity index (χ1v) is 8.87.